The van der Waals surface area contributed by atoms with E-state index in [1.165, 1.54) is 62.5 Å². The van der Waals surface area contributed by atoms with E-state index >= 15 is 0 Å². The molecule has 1 aliphatic carbocycles. The van der Waals surface area contributed by atoms with Gasteiger partial charge in [0.15, 0.2) is 0 Å². The Balaban J connectivity index is 1.71. The molecule has 1 aromatic rings. The van der Waals surface area contributed by atoms with Crippen molar-refractivity contribution in [1.82, 2.24) is 25.1 Å². The molecule has 8 nitrogen and oxygen atoms in total. The molecule has 0 bridgehead atoms. The van der Waals surface area contributed by atoms with Crippen LogP contribution in [-0.4, -0.2) is 49.3 Å². The van der Waals surface area contributed by atoms with Gasteiger partial charge in [-0.25, -0.2) is 8.42 Å². The molecule has 1 heterocycles. The highest BCUT2D eigenvalue weighted by Crippen LogP contribution is 2.16. The van der Waals surface area contributed by atoms with Crippen LogP contribution < -0.4 is 15.4 Å². The van der Waals surface area contributed by atoms with Crippen molar-refractivity contribution in [2.75, 3.05) is 13.1 Å². The van der Waals surface area contributed by atoms with Gasteiger partial charge >= 0.3 is 0 Å². The van der Waals surface area contributed by atoms with Gasteiger partial charge in [0, 0.05) is 32.4 Å². The first-order valence-corrected chi connectivity index (χ1v) is 10.4. The van der Waals surface area contributed by atoms with Crippen molar-refractivity contribution < 1.29 is 13.2 Å². The molecular formula is C16H29N5O3S. The molecule has 0 radical (unpaired) electrons. The highest BCUT2D eigenvalue weighted by molar-refractivity contribution is 7.89. The van der Waals surface area contributed by atoms with E-state index in [0.717, 1.165) is 0 Å². The molecule has 1 atom stereocenters. The van der Waals surface area contributed by atoms with Crippen LogP contribution in [0.1, 0.15) is 45.4 Å². The van der Waals surface area contributed by atoms with E-state index in [9.17, 15) is 13.2 Å². The Bertz CT molecular complexity index is 650. The van der Waals surface area contributed by atoms with Crippen LogP contribution in [0.2, 0.25) is 0 Å². The predicted molar refractivity (Wildman–Crippen MR) is 95.5 cm³/mol. The number of rotatable bonds is 8. The van der Waals surface area contributed by atoms with Gasteiger partial charge in [0.1, 0.15) is 4.90 Å². The Kier molecular flexibility index (Phi) is 7.39. The van der Waals surface area contributed by atoms with E-state index in [-0.39, 0.29) is 10.8 Å². The minimum Gasteiger partial charge on any atom is -0.353 e. The highest BCUT2D eigenvalue weighted by atomic mass is 32.2. The van der Waals surface area contributed by atoms with Gasteiger partial charge in [-0.1, -0.05) is 25.7 Å². The molecule has 1 unspecified atom stereocenters. The third kappa shape index (κ3) is 6.41. The van der Waals surface area contributed by atoms with E-state index in [1.54, 1.807) is 7.05 Å². The Morgan fingerprint density at radius 2 is 1.96 bits per heavy atom. The maximum atomic E-state index is 12.2. The molecule has 1 aromatic heterocycles. The number of carbonyl (C=O) groups is 1. The van der Waals surface area contributed by atoms with Crippen LogP contribution in [0.3, 0.4) is 0 Å². The standard InChI is InChI=1S/C16H29N5O3S/c1-13(20-25(23,24)15-11-19-21(2)12-15)16(22)18-10-9-17-14-7-5-3-4-6-8-14/h11-14,17,20H,3-10H2,1-2H3,(H,18,22). The molecule has 1 aliphatic rings. The number of aromatic nitrogens is 2. The fourth-order valence-electron chi connectivity index (χ4n) is 2.99. The van der Waals surface area contributed by atoms with Gasteiger partial charge in [-0.15, -0.1) is 0 Å². The third-order valence-electron chi connectivity index (χ3n) is 4.43. The summed E-state index contributed by atoms with van der Waals surface area (Å²) in [6, 6.07) is -0.316. The third-order valence-corrected chi connectivity index (χ3v) is 5.92. The molecule has 0 saturated heterocycles. The molecule has 0 aromatic carbocycles. The fraction of sp³-hybridized carbons (Fsp3) is 0.750. The lowest BCUT2D eigenvalue weighted by Crippen LogP contribution is -2.46. The van der Waals surface area contributed by atoms with Gasteiger partial charge in [-0.3, -0.25) is 9.48 Å². The maximum absolute atomic E-state index is 12.2. The number of aryl methyl sites for hydroxylation is 1. The molecule has 3 N–H and O–H groups in total. The molecule has 2 rings (SSSR count). The lowest BCUT2D eigenvalue weighted by atomic mass is 10.1. The molecule has 25 heavy (non-hydrogen) atoms. The number of nitrogens with zero attached hydrogens (tertiary/aromatic N) is 2. The fourth-order valence-corrected chi connectivity index (χ4v) is 4.18. The van der Waals surface area contributed by atoms with Crippen LogP contribution in [0.15, 0.2) is 17.3 Å². The summed E-state index contributed by atoms with van der Waals surface area (Å²) in [5.41, 5.74) is 0. The summed E-state index contributed by atoms with van der Waals surface area (Å²) in [5, 5.41) is 10.1. The van der Waals surface area contributed by atoms with Crippen molar-refractivity contribution in [2.45, 2.75) is 62.4 Å². The van der Waals surface area contributed by atoms with Crippen molar-refractivity contribution in [1.29, 1.82) is 0 Å². The zero-order chi connectivity index (χ0) is 18.3. The average Bonchev–Trinajstić information content (AvgIpc) is 2.84. The Labute approximate surface area is 149 Å². The van der Waals surface area contributed by atoms with E-state index in [0.29, 0.717) is 19.1 Å². The van der Waals surface area contributed by atoms with Crippen molar-refractivity contribution in [3.8, 4) is 0 Å². The number of hydrogen-bond acceptors (Lipinski definition) is 5. The van der Waals surface area contributed by atoms with E-state index in [4.69, 9.17) is 0 Å². The number of nitrogens with one attached hydrogen (secondary N) is 3. The predicted octanol–water partition coefficient (Wildman–Crippen LogP) is 0.516. The Morgan fingerprint density at radius 3 is 2.56 bits per heavy atom. The van der Waals surface area contributed by atoms with Crippen LogP contribution in [-0.2, 0) is 21.9 Å². The average molecular weight is 372 g/mol. The molecule has 1 amide bonds. The topological polar surface area (TPSA) is 105 Å². The Hall–Kier alpha value is -1.45. The van der Waals surface area contributed by atoms with Gasteiger partial charge in [-0.2, -0.15) is 9.82 Å². The zero-order valence-electron chi connectivity index (χ0n) is 15.0. The molecule has 1 fully saturated rings. The summed E-state index contributed by atoms with van der Waals surface area (Å²) in [5.74, 6) is -0.338. The SMILES string of the molecule is CC(NS(=O)(=O)c1cnn(C)c1)C(=O)NCCNC1CCCCCC1. The molecule has 9 heteroatoms. The largest absolute Gasteiger partial charge is 0.353 e. The van der Waals surface area contributed by atoms with Crippen LogP contribution in [0, 0.1) is 0 Å². The molecular weight excluding hydrogens is 342 g/mol. The number of sulfonamides is 1. The molecule has 1 saturated carbocycles. The van der Waals surface area contributed by atoms with Crippen molar-refractivity contribution in [3.63, 3.8) is 0 Å². The lowest BCUT2D eigenvalue weighted by molar-refractivity contribution is -0.122. The summed E-state index contributed by atoms with van der Waals surface area (Å²) in [6.07, 6.45) is 10.2. The lowest BCUT2D eigenvalue weighted by Gasteiger charge is -2.17. The number of hydrogen-bond donors (Lipinski definition) is 3. The van der Waals surface area contributed by atoms with E-state index in [1.807, 2.05) is 0 Å². The van der Waals surface area contributed by atoms with Gasteiger partial charge in [-0.05, 0) is 19.8 Å². The first-order chi connectivity index (χ1) is 11.9. The second-order valence-corrected chi connectivity index (χ2v) is 8.34. The monoisotopic (exact) mass is 371 g/mol. The van der Waals surface area contributed by atoms with Gasteiger partial charge in [0.2, 0.25) is 15.9 Å². The van der Waals surface area contributed by atoms with Crippen LogP contribution in [0.5, 0.6) is 0 Å². The van der Waals surface area contributed by atoms with Crippen molar-refractivity contribution >= 4 is 15.9 Å². The van der Waals surface area contributed by atoms with E-state index < -0.39 is 16.1 Å². The van der Waals surface area contributed by atoms with Gasteiger partial charge in [0.05, 0.1) is 12.2 Å². The summed E-state index contributed by atoms with van der Waals surface area (Å²) < 4.78 is 28.1. The first kappa shape index (κ1) is 19.9. The molecule has 0 spiro atoms. The number of amides is 1. The smallest absolute Gasteiger partial charge is 0.244 e. The van der Waals surface area contributed by atoms with Crippen molar-refractivity contribution in [3.05, 3.63) is 12.4 Å². The second-order valence-electron chi connectivity index (χ2n) is 6.63. The number of carbonyl (C=O) groups excluding carboxylic acids is 1. The van der Waals surface area contributed by atoms with Gasteiger partial charge < -0.3 is 10.6 Å². The normalized spacial score (nSPS) is 17.8. The Morgan fingerprint density at radius 1 is 1.28 bits per heavy atom. The zero-order valence-corrected chi connectivity index (χ0v) is 15.8. The van der Waals surface area contributed by atoms with E-state index in [2.05, 4.69) is 20.5 Å². The van der Waals surface area contributed by atoms with Crippen LogP contribution in [0.25, 0.3) is 0 Å². The van der Waals surface area contributed by atoms with Gasteiger partial charge in [0.25, 0.3) is 0 Å². The first-order valence-electron chi connectivity index (χ1n) is 8.90. The summed E-state index contributed by atoms with van der Waals surface area (Å²) in [7, 11) is -2.11. The minimum absolute atomic E-state index is 0.0460. The second kappa shape index (κ2) is 9.30. The highest BCUT2D eigenvalue weighted by Gasteiger charge is 2.23. The van der Waals surface area contributed by atoms with Crippen molar-refractivity contribution in [2.24, 2.45) is 7.05 Å². The summed E-state index contributed by atoms with van der Waals surface area (Å²) in [6.45, 7) is 2.70. The summed E-state index contributed by atoms with van der Waals surface area (Å²) in [4.78, 5) is 12.1. The van der Waals surface area contributed by atoms with Crippen LogP contribution in [0.4, 0.5) is 0 Å². The van der Waals surface area contributed by atoms with Crippen LogP contribution >= 0.6 is 0 Å². The molecule has 142 valence electrons. The quantitative estimate of drug-likeness (QED) is 0.456. The maximum Gasteiger partial charge on any atom is 0.244 e. The molecule has 0 aliphatic heterocycles. The summed E-state index contributed by atoms with van der Waals surface area (Å²) >= 11 is 0. The minimum atomic E-state index is -3.75.